The molecule has 3 aliphatic rings. The highest BCUT2D eigenvalue weighted by Gasteiger charge is 2.32. The van der Waals surface area contributed by atoms with Gasteiger partial charge in [-0.05, 0) is 106 Å². The van der Waals surface area contributed by atoms with Crippen LogP contribution >= 0.6 is 0 Å². The Morgan fingerprint density at radius 2 is 1.44 bits per heavy atom. The molecule has 178 valence electrons. The molecule has 0 atom stereocenters. The van der Waals surface area contributed by atoms with Gasteiger partial charge in [-0.3, -0.25) is 0 Å². The van der Waals surface area contributed by atoms with Crippen molar-refractivity contribution in [2.24, 2.45) is 23.7 Å². The molecule has 0 unspecified atom stereocenters. The Hall–Kier alpha value is -1.26. The van der Waals surface area contributed by atoms with E-state index in [2.05, 4.69) is 6.58 Å². The van der Waals surface area contributed by atoms with Crippen LogP contribution in [0.25, 0.3) is 0 Å². The van der Waals surface area contributed by atoms with E-state index in [0.29, 0.717) is 17.8 Å². The molecular formula is C28H40F2O2. The Balaban J connectivity index is 1.11. The summed E-state index contributed by atoms with van der Waals surface area (Å²) in [6, 6.07) is 4.39. The van der Waals surface area contributed by atoms with E-state index >= 15 is 0 Å². The van der Waals surface area contributed by atoms with Gasteiger partial charge in [-0.1, -0.05) is 25.0 Å². The van der Waals surface area contributed by atoms with Gasteiger partial charge >= 0.3 is 0 Å². The first kappa shape index (κ1) is 23.9. The maximum atomic E-state index is 13.5. The Morgan fingerprint density at radius 1 is 0.781 bits per heavy atom. The summed E-state index contributed by atoms with van der Waals surface area (Å²) in [6.45, 7) is 5.56. The molecule has 2 saturated carbocycles. The topological polar surface area (TPSA) is 18.5 Å². The van der Waals surface area contributed by atoms with Crippen LogP contribution in [-0.4, -0.2) is 19.5 Å². The smallest absolute Gasteiger partial charge is 0.159 e. The van der Waals surface area contributed by atoms with Crippen molar-refractivity contribution in [1.29, 1.82) is 0 Å². The Labute approximate surface area is 192 Å². The molecule has 1 aromatic carbocycles. The van der Waals surface area contributed by atoms with E-state index in [-0.39, 0.29) is 6.29 Å². The highest BCUT2D eigenvalue weighted by Crippen LogP contribution is 2.40. The number of benzene rings is 1. The Morgan fingerprint density at radius 3 is 2.09 bits per heavy atom. The average Bonchev–Trinajstić information content (AvgIpc) is 2.84. The van der Waals surface area contributed by atoms with Gasteiger partial charge in [0, 0.05) is 5.92 Å². The van der Waals surface area contributed by atoms with E-state index in [1.54, 1.807) is 6.07 Å². The van der Waals surface area contributed by atoms with Gasteiger partial charge in [-0.2, -0.15) is 0 Å². The lowest BCUT2D eigenvalue weighted by atomic mass is 9.75. The van der Waals surface area contributed by atoms with Crippen molar-refractivity contribution < 1.29 is 18.3 Å². The van der Waals surface area contributed by atoms with Crippen LogP contribution in [0.2, 0.25) is 0 Å². The lowest BCUT2D eigenvalue weighted by Crippen LogP contribution is -2.37. The molecule has 0 N–H and O–H groups in total. The molecule has 0 spiro atoms. The summed E-state index contributed by atoms with van der Waals surface area (Å²) in [5.41, 5.74) is 0.946. The summed E-state index contributed by atoms with van der Waals surface area (Å²) in [6.07, 6.45) is 16.3. The second-order valence-electron chi connectivity index (χ2n) is 10.5. The fourth-order valence-electron chi connectivity index (χ4n) is 6.22. The largest absolute Gasteiger partial charge is 0.352 e. The Kier molecular flexibility index (Phi) is 8.76. The Bertz CT molecular complexity index is 712. The molecule has 3 fully saturated rings. The number of hydrogen-bond donors (Lipinski definition) is 0. The number of rotatable bonds is 8. The lowest BCUT2D eigenvalue weighted by molar-refractivity contribution is -0.213. The van der Waals surface area contributed by atoms with Crippen molar-refractivity contribution in [3.05, 3.63) is 48.1 Å². The number of hydrogen-bond acceptors (Lipinski definition) is 2. The molecule has 0 radical (unpaired) electrons. The zero-order valence-corrected chi connectivity index (χ0v) is 19.5. The van der Waals surface area contributed by atoms with Gasteiger partial charge in [0.15, 0.2) is 17.9 Å². The third-order valence-corrected chi connectivity index (χ3v) is 8.40. The molecule has 0 amide bonds. The van der Waals surface area contributed by atoms with Crippen molar-refractivity contribution in [2.75, 3.05) is 13.2 Å². The zero-order chi connectivity index (χ0) is 22.3. The third kappa shape index (κ3) is 6.41. The van der Waals surface area contributed by atoms with Gasteiger partial charge in [-0.25, -0.2) is 8.78 Å². The molecule has 1 heterocycles. The van der Waals surface area contributed by atoms with Gasteiger partial charge in [0.05, 0.1) is 13.2 Å². The molecule has 1 aliphatic heterocycles. The highest BCUT2D eigenvalue weighted by molar-refractivity contribution is 5.22. The predicted octanol–water partition coefficient (Wildman–Crippen LogP) is 7.78. The maximum Gasteiger partial charge on any atom is 0.159 e. The van der Waals surface area contributed by atoms with E-state index in [1.807, 2.05) is 6.08 Å². The standard InChI is InChI=1S/C28H40F2O2/c1-2-3-4-20-5-12-23(13-6-20)25-18-31-28(32-19-25)16-9-21-7-10-22(11-8-21)24-14-15-26(29)27(30)17-24/h2,14-15,17,20-23,25,28H,1,3-13,16,18-19H2. The zero-order valence-electron chi connectivity index (χ0n) is 19.5. The summed E-state index contributed by atoms with van der Waals surface area (Å²) < 4.78 is 39.0. The molecule has 0 aromatic heterocycles. The molecule has 4 heteroatoms. The van der Waals surface area contributed by atoms with Crippen molar-refractivity contribution in [2.45, 2.75) is 89.3 Å². The van der Waals surface area contributed by atoms with Gasteiger partial charge < -0.3 is 9.47 Å². The molecule has 1 aromatic rings. The molecule has 2 nitrogen and oxygen atoms in total. The fourth-order valence-corrected chi connectivity index (χ4v) is 6.22. The first-order valence-electron chi connectivity index (χ1n) is 12.9. The number of halogens is 2. The minimum atomic E-state index is -0.756. The third-order valence-electron chi connectivity index (χ3n) is 8.40. The van der Waals surface area contributed by atoms with Crippen molar-refractivity contribution in [3.8, 4) is 0 Å². The quantitative estimate of drug-likeness (QED) is 0.380. The van der Waals surface area contributed by atoms with Crippen LogP contribution in [0.5, 0.6) is 0 Å². The second-order valence-corrected chi connectivity index (χ2v) is 10.5. The highest BCUT2D eigenvalue weighted by atomic mass is 19.2. The monoisotopic (exact) mass is 446 g/mol. The summed E-state index contributed by atoms with van der Waals surface area (Å²) in [5.74, 6) is 1.78. The van der Waals surface area contributed by atoms with Crippen molar-refractivity contribution >= 4 is 0 Å². The first-order valence-corrected chi connectivity index (χ1v) is 12.9. The summed E-state index contributed by atoms with van der Waals surface area (Å²) in [5, 5.41) is 0. The van der Waals surface area contributed by atoms with Crippen LogP contribution in [0.15, 0.2) is 30.9 Å². The summed E-state index contributed by atoms with van der Waals surface area (Å²) >= 11 is 0. The van der Waals surface area contributed by atoms with E-state index in [1.165, 1.54) is 44.2 Å². The number of ether oxygens (including phenoxy) is 2. The van der Waals surface area contributed by atoms with Crippen molar-refractivity contribution in [1.82, 2.24) is 0 Å². The fraction of sp³-hybridized carbons (Fsp3) is 0.714. The number of allylic oxidation sites excluding steroid dienone is 1. The maximum absolute atomic E-state index is 13.5. The average molecular weight is 447 g/mol. The van der Waals surface area contributed by atoms with Crippen LogP contribution in [-0.2, 0) is 9.47 Å². The van der Waals surface area contributed by atoms with Crippen LogP contribution in [0.4, 0.5) is 8.78 Å². The summed E-state index contributed by atoms with van der Waals surface area (Å²) in [4.78, 5) is 0. The van der Waals surface area contributed by atoms with E-state index in [9.17, 15) is 8.78 Å². The predicted molar refractivity (Wildman–Crippen MR) is 124 cm³/mol. The van der Waals surface area contributed by atoms with Crippen LogP contribution in [0.1, 0.15) is 88.5 Å². The van der Waals surface area contributed by atoms with E-state index in [4.69, 9.17) is 9.47 Å². The van der Waals surface area contributed by atoms with Crippen molar-refractivity contribution in [3.63, 3.8) is 0 Å². The van der Waals surface area contributed by atoms with Crippen LogP contribution in [0.3, 0.4) is 0 Å². The van der Waals surface area contributed by atoms with Gasteiger partial charge in [0.25, 0.3) is 0 Å². The first-order chi connectivity index (χ1) is 15.6. The van der Waals surface area contributed by atoms with Gasteiger partial charge in [0.1, 0.15) is 0 Å². The van der Waals surface area contributed by atoms with E-state index in [0.717, 1.165) is 75.6 Å². The molecule has 32 heavy (non-hydrogen) atoms. The lowest BCUT2D eigenvalue weighted by Gasteiger charge is -2.38. The molecule has 2 aliphatic carbocycles. The summed E-state index contributed by atoms with van der Waals surface area (Å²) in [7, 11) is 0. The molecule has 4 rings (SSSR count). The molecular weight excluding hydrogens is 406 g/mol. The van der Waals surface area contributed by atoms with Crippen LogP contribution < -0.4 is 0 Å². The normalized spacial score (nSPS) is 33.7. The van der Waals surface area contributed by atoms with Gasteiger partial charge in [0.2, 0.25) is 0 Å². The minimum Gasteiger partial charge on any atom is -0.352 e. The van der Waals surface area contributed by atoms with E-state index < -0.39 is 11.6 Å². The SMILES string of the molecule is C=CCCC1CCC(C2COC(CCC3CCC(c4ccc(F)c(F)c4)CC3)OC2)CC1. The molecule has 1 saturated heterocycles. The van der Waals surface area contributed by atoms with Crippen LogP contribution in [0, 0.1) is 35.3 Å². The van der Waals surface area contributed by atoms with Gasteiger partial charge in [-0.15, -0.1) is 6.58 Å². The minimum absolute atomic E-state index is 0.0425. The second kappa shape index (κ2) is 11.7. The molecule has 0 bridgehead atoms.